The van der Waals surface area contributed by atoms with Gasteiger partial charge in [0.25, 0.3) is 0 Å². The summed E-state index contributed by atoms with van der Waals surface area (Å²) in [6, 6.07) is 0. The van der Waals surface area contributed by atoms with Crippen LogP contribution in [0.15, 0.2) is 0 Å². The van der Waals surface area contributed by atoms with Gasteiger partial charge in [0.05, 0.1) is 0 Å². The molecule has 3 atom stereocenters. The van der Waals surface area contributed by atoms with Gasteiger partial charge in [0, 0.05) is 0 Å². The molecule has 1 aliphatic rings. The molecule has 4 heteroatoms. The fourth-order valence-corrected chi connectivity index (χ4v) is 1.87. The van der Waals surface area contributed by atoms with Gasteiger partial charge in [0.2, 0.25) is 0 Å². The molecule has 0 aliphatic heterocycles. The van der Waals surface area contributed by atoms with E-state index in [9.17, 15) is 4.79 Å². The van der Waals surface area contributed by atoms with E-state index in [1.807, 2.05) is 6.92 Å². The molecular weight excluding hydrogens is 216 g/mol. The average molecular weight is 235 g/mol. The van der Waals surface area contributed by atoms with Crippen LogP contribution in [-0.2, 0) is 9.47 Å². The summed E-state index contributed by atoms with van der Waals surface area (Å²) in [6.07, 6.45) is 4.38. The number of alkyl halides is 1. The highest BCUT2D eigenvalue weighted by molar-refractivity contribution is 6.20. The van der Waals surface area contributed by atoms with Gasteiger partial charge in [0.15, 0.2) is 5.56 Å². The number of hydrogen-bond acceptors (Lipinski definition) is 3. The van der Waals surface area contributed by atoms with Crippen molar-refractivity contribution in [3.63, 3.8) is 0 Å². The molecule has 15 heavy (non-hydrogen) atoms. The van der Waals surface area contributed by atoms with E-state index in [-0.39, 0.29) is 6.10 Å². The highest BCUT2D eigenvalue weighted by Crippen LogP contribution is 2.26. The SMILES string of the molecule is CCC(Cl)OC(=O)OC1CCCCC1C. The minimum absolute atomic E-state index is 0.00646. The van der Waals surface area contributed by atoms with Crippen LogP contribution in [0.4, 0.5) is 4.79 Å². The van der Waals surface area contributed by atoms with Crippen molar-refractivity contribution in [3.8, 4) is 0 Å². The average Bonchev–Trinajstić information content (AvgIpc) is 2.21. The van der Waals surface area contributed by atoms with E-state index in [4.69, 9.17) is 21.1 Å². The van der Waals surface area contributed by atoms with E-state index in [2.05, 4.69) is 6.92 Å². The zero-order valence-electron chi connectivity index (χ0n) is 9.37. The van der Waals surface area contributed by atoms with Crippen LogP contribution in [-0.4, -0.2) is 17.8 Å². The number of halogens is 1. The van der Waals surface area contributed by atoms with Crippen molar-refractivity contribution >= 4 is 17.8 Å². The lowest BCUT2D eigenvalue weighted by Gasteiger charge is -2.28. The van der Waals surface area contributed by atoms with E-state index in [1.165, 1.54) is 6.42 Å². The minimum Gasteiger partial charge on any atom is -0.431 e. The summed E-state index contributed by atoms with van der Waals surface area (Å²) < 4.78 is 10.1. The number of hydrogen-bond donors (Lipinski definition) is 0. The highest BCUT2D eigenvalue weighted by Gasteiger charge is 2.26. The third-order valence-corrected chi connectivity index (χ3v) is 3.22. The van der Waals surface area contributed by atoms with Crippen molar-refractivity contribution in [1.29, 1.82) is 0 Å². The van der Waals surface area contributed by atoms with Crippen LogP contribution in [0.1, 0.15) is 46.0 Å². The molecule has 3 unspecified atom stereocenters. The zero-order chi connectivity index (χ0) is 11.3. The fourth-order valence-electron chi connectivity index (χ4n) is 1.80. The Balaban J connectivity index is 2.29. The predicted molar refractivity (Wildman–Crippen MR) is 58.9 cm³/mol. The Hall–Kier alpha value is -0.440. The van der Waals surface area contributed by atoms with Crippen LogP contribution >= 0.6 is 11.6 Å². The molecular formula is C11H19ClO3. The van der Waals surface area contributed by atoms with Gasteiger partial charge in [-0.25, -0.2) is 4.79 Å². The summed E-state index contributed by atoms with van der Waals surface area (Å²) in [6.45, 7) is 3.96. The second kappa shape index (κ2) is 6.21. The van der Waals surface area contributed by atoms with Gasteiger partial charge in [-0.3, -0.25) is 0 Å². The summed E-state index contributed by atoms with van der Waals surface area (Å²) in [5.41, 5.74) is -0.573. The van der Waals surface area contributed by atoms with Crippen LogP contribution in [0.5, 0.6) is 0 Å². The van der Waals surface area contributed by atoms with Crippen molar-refractivity contribution in [2.45, 2.75) is 57.6 Å². The number of carbonyl (C=O) groups excluding carboxylic acids is 1. The number of ether oxygens (including phenoxy) is 2. The van der Waals surface area contributed by atoms with Gasteiger partial charge in [-0.05, 0) is 31.6 Å². The van der Waals surface area contributed by atoms with Crippen molar-refractivity contribution in [2.24, 2.45) is 5.92 Å². The third kappa shape index (κ3) is 4.29. The van der Waals surface area contributed by atoms with Gasteiger partial charge in [-0.15, -0.1) is 0 Å². The maximum atomic E-state index is 11.3. The normalized spacial score (nSPS) is 28.2. The van der Waals surface area contributed by atoms with E-state index in [0.717, 1.165) is 19.3 Å². The van der Waals surface area contributed by atoms with E-state index < -0.39 is 11.7 Å². The lowest BCUT2D eigenvalue weighted by Crippen LogP contribution is -2.29. The number of carbonyl (C=O) groups is 1. The molecule has 3 nitrogen and oxygen atoms in total. The lowest BCUT2D eigenvalue weighted by atomic mass is 9.88. The first kappa shape index (κ1) is 12.6. The molecule has 0 saturated heterocycles. The molecule has 0 aromatic heterocycles. The smallest absolute Gasteiger partial charge is 0.431 e. The van der Waals surface area contributed by atoms with Gasteiger partial charge < -0.3 is 9.47 Å². The molecule has 0 amide bonds. The third-order valence-electron chi connectivity index (χ3n) is 2.83. The molecule has 1 aliphatic carbocycles. The van der Waals surface area contributed by atoms with Crippen LogP contribution in [0, 0.1) is 5.92 Å². The molecule has 0 radical (unpaired) electrons. The van der Waals surface area contributed by atoms with E-state index >= 15 is 0 Å². The predicted octanol–water partition coefficient (Wildman–Crippen LogP) is 3.69. The van der Waals surface area contributed by atoms with Gasteiger partial charge in [-0.2, -0.15) is 0 Å². The largest absolute Gasteiger partial charge is 0.510 e. The first-order chi connectivity index (χ1) is 7.13. The Kier molecular flexibility index (Phi) is 5.23. The quantitative estimate of drug-likeness (QED) is 0.552. The monoisotopic (exact) mass is 234 g/mol. The second-order valence-corrected chi connectivity index (χ2v) is 4.59. The van der Waals surface area contributed by atoms with Gasteiger partial charge >= 0.3 is 6.16 Å². The number of rotatable bonds is 3. The Morgan fingerprint density at radius 3 is 2.73 bits per heavy atom. The molecule has 1 rings (SSSR count). The van der Waals surface area contributed by atoms with Crippen molar-refractivity contribution < 1.29 is 14.3 Å². The Bertz CT molecular complexity index is 208. The highest BCUT2D eigenvalue weighted by atomic mass is 35.5. The molecule has 0 heterocycles. The van der Waals surface area contributed by atoms with Crippen molar-refractivity contribution in [2.75, 3.05) is 0 Å². The van der Waals surface area contributed by atoms with Gasteiger partial charge in [0.1, 0.15) is 6.10 Å². The molecule has 0 spiro atoms. The summed E-state index contributed by atoms with van der Waals surface area (Å²) in [4.78, 5) is 11.3. The maximum absolute atomic E-state index is 11.3. The minimum atomic E-state index is -0.629. The molecule has 1 fully saturated rings. The topological polar surface area (TPSA) is 35.5 Å². The molecule has 88 valence electrons. The Labute approximate surface area is 96.1 Å². The van der Waals surface area contributed by atoms with Crippen molar-refractivity contribution in [1.82, 2.24) is 0 Å². The summed E-state index contributed by atoms with van der Waals surface area (Å²) in [5.74, 6) is 0.432. The molecule has 0 bridgehead atoms. The van der Waals surface area contributed by atoms with E-state index in [0.29, 0.717) is 12.3 Å². The van der Waals surface area contributed by atoms with Crippen LogP contribution < -0.4 is 0 Å². The molecule has 0 N–H and O–H groups in total. The maximum Gasteiger partial charge on any atom is 0.510 e. The summed E-state index contributed by atoms with van der Waals surface area (Å²) >= 11 is 5.69. The first-order valence-electron chi connectivity index (χ1n) is 5.64. The fraction of sp³-hybridized carbons (Fsp3) is 0.909. The molecule has 0 aromatic carbocycles. The van der Waals surface area contributed by atoms with Gasteiger partial charge in [-0.1, -0.05) is 31.9 Å². The summed E-state index contributed by atoms with van der Waals surface area (Å²) in [7, 11) is 0. The standard InChI is InChI=1S/C11H19ClO3/c1-3-10(12)15-11(13)14-9-7-5-4-6-8(9)2/h8-10H,3-7H2,1-2H3. The second-order valence-electron chi connectivity index (χ2n) is 4.10. The molecule has 0 aromatic rings. The first-order valence-corrected chi connectivity index (χ1v) is 6.08. The van der Waals surface area contributed by atoms with Crippen LogP contribution in [0.2, 0.25) is 0 Å². The Morgan fingerprint density at radius 1 is 1.47 bits per heavy atom. The zero-order valence-corrected chi connectivity index (χ0v) is 10.1. The summed E-state index contributed by atoms with van der Waals surface area (Å²) in [5, 5.41) is 0. The lowest BCUT2D eigenvalue weighted by molar-refractivity contribution is -0.0142. The van der Waals surface area contributed by atoms with Crippen LogP contribution in [0.3, 0.4) is 0 Å². The Morgan fingerprint density at radius 2 is 2.13 bits per heavy atom. The molecule has 1 saturated carbocycles. The van der Waals surface area contributed by atoms with Crippen molar-refractivity contribution in [3.05, 3.63) is 0 Å². The van der Waals surface area contributed by atoms with E-state index in [1.54, 1.807) is 0 Å². The van der Waals surface area contributed by atoms with Crippen LogP contribution in [0.25, 0.3) is 0 Å².